The SMILES string of the molecule is CCN1/C(=C/C2=CC(=C/c3sc4cc(C)ccc4[n+]3C)/CC(C)(C)C2)Sc2cc(C)ccc21. The Hall–Kier alpha value is -2.30. The Morgan fingerprint density at radius 3 is 2.58 bits per heavy atom. The van der Waals surface area contributed by atoms with Crippen LogP contribution in [0.3, 0.4) is 0 Å². The van der Waals surface area contributed by atoms with E-state index in [-0.39, 0.29) is 5.41 Å². The zero-order chi connectivity index (χ0) is 23.3. The van der Waals surface area contributed by atoms with Gasteiger partial charge in [-0.15, -0.1) is 0 Å². The lowest BCUT2D eigenvalue weighted by atomic mass is 9.75. The van der Waals surface area contributed by atoms with Crippen molar-refractivity contribution in [2.45, 2.75) is 52.4 Å². The fourth-order valence-electron chi connectivity index (χ4n) is 5.06. The molecule has 2 aromatic carbocycles. The summed E-state index contributed by atoms with van der Waals surface area (Å²) in [5.41, 5.74) is 8.42. The minimum atomic E-state index is 0.253. The number of anilines is 1. The normalized spacial score (nSPS) is 20.1. The molecule has 1 aliphatic carbocycles. The van der Waals surface area contributed by atoms with Crippen molar-refractivity contribution in [1.82, 2.24) is 0 Å². The van der Waals surface area contributed by atoms with Crippen molar-refractivity contribution in [2.24, 2.45) is 12.5 Å². The summed E-state index contributed by atoms with van der Waals surface area (Å²) in [6.45, 7) is 12.4. The molecule has 4 heteroatoms. The first kappa shape index (κ1) is 22.5. The van der Waals surface area contributed by atoms with Gasteiger partial charge in [0.1, 0.15) is 11.7 Å². The van der Waals surface area contributed by atoms with Gasteiger partial charge in [-0.1, -0.05) is 55.2 Å². The largest absolute Gasteiger partial charge is 0.335 e. The molecule has 0 spiro atoms. The molecule has 2 nitrogen and oxygen atoms in total. The van der Waals surface area contributed by atoms with E-state index in [9.17, 15) is 0 Å². The monoisotopic (exact) mass is 473 g/mol. The number of rotatable bonds is 3. The first-order chi connectivity index (χ1) is 15.7. The van der Waals surface area contributed by atoms with E-state index in [1.807, 2.05) is 23.1 Å². The quantitative estimate of drug-likeness (QED) is 0.356. The third kappa shape index (κ3) is 4.43. The average molecular weight is 474 g/mol. The molecule has 0 saturated heterocycles. The Balaban J connectivity index is 1.52. The Labute approximate surface area is 206 Å². The molecule has 1 aliphatic heterocycles. The Morgan fingerprint density at radius 1 is 1.03 bits per heavy atom. The maximum atomic E-state index is 2.46. The van der Waals surface area contributed by atoms with Crippen molar-refractivity contribution in [2.75, 3.05) is 11.4 Å². The molecule has 0 atom stereocenters. The molecule has 0 fully saturated rings. The third-order valence-corrected chi connectivity index (χ3v) is 8.82. The lowest BCUT2D eigenvalue weighted by Gasteiger charge is -2.31. The minimum Gasteiger partial charge on any atom is -0.335 e. The number of hydrogen-bond acceptors (Lipinski definition) is 3. The molecule has 2 heterocycles. The van der Waals surface area contributed by atoms with E-state index in [0.717, 1.165) is 19.4 Å². The van der Waals surface area contributed by atoms with Crippen LogP contribution in [0, 0.1) is 19.3 Å². The van der Waals surface area contributed by atoms with Gasteiger partial charge in [0.2, 0.25) is 5.52 Å². The average Bonchev–Trinajstić information content (AvgIpc) is 3.22. The molecule has 0 radical (unpaired) electrons. The molecule has 170 valence electrons. The summed E-state index contributed by atoms with van der Waals surface area (Å²) in [5, 5.41) is 2.67. The zero-order valence-electron chi connectivity index (χ0n) is 20.5. The maximum absolute atomic E-state index is 2.46. The number of thiazole rings is 1. The molecule has 33 heavy (non-hydrogen) atoms. The third-order valence-electron chi connectivity index (χ3n) is 6.58. The number of allylic oxidation sites excluding steroid dienone is 4. The van der Waals surface area contributed by atoms with Gasteiger partial charge in [0.05, 0.1) is 10.7 Å². The molecule has 2 aliphatic rings. The Morgan fingerprint density at radius 2 is 1.79 bits per heavy atom. The zero-order valence-corrected chi connectivity index (χ0v) is 22.2. The number of aryl methyl sites for hydroxylation is 3. The van der Waals surface area contributed by atoms with Crippen LogP contribution in [-0.4, -0.2) is 6.54 Å². The number of fused-ring (bicyclic) bond motifs is 2. The van der Waals surface area contributed by atoms with E-state index in [4.69, 9.17) is 0 Å². The molecule has 0 bridgehead atoms. The molecular formula is C29H33N2S2+. The number of nitrogens with zero attached hydrogens (tertiary/aromatic N) is 2. The summed E-state index contributed by atoms with van der Waals surface area (Å²) in [5.74, 6) is 0. The van der Waals surface area contributed by atoms with Gasteiger partial charge >= 0.3 is 0 Å². The topological polar surface area (TPSA) is 7.12 Å². The van der Waals surface area contributed by atoms with Gasteiger partial charge in [-0.25, -0.2) is 0 Å². The molecule has 0 amide bonds. The molecule has 5 rings (SSSR count). The van der Waals surface area contributed by atoms with Crippen molar-refractivity contribution < 1.29 is 4.57 Å². The van der Waals surface area contributed by atoms with Crippen LogP contribution in [0.2, 0.25) is 0 Å². The lowest BCUT2D eigenvalue weighted by Crippen LogP contribution is -2.29. The van der Waals surface area contributed by atoms with E-state index in [1.165, 1.54) is 53.1 Å². The predicted molar refractivity (Wildman–Crippen MR) is 145 cm³/mol. The highest BCUT2D eigenvalue weighted by Gasteiger charge is 2.29. The van der Waals surface area contributed by atoms with Gasteiger partial charge in [0.25, 0.3) is 5.01 Å². The summed E-state index contributed by atoms with van der Waals surface area (Å²) < 4.78 is 3.70. The van der Waals surface area contributed by atoms with E-state index in [0.29, 0.717) is 0 Å². The van der Waals surface area contributed by atoms with E-state index in [2.05, 4.69) is 106 Å². The van der Waals surface area contributed by atoms with Crippen molar-refractivity contribution in [3.63, 3.8) is 0 Å². The minimum absolute atomic E-state index is 0.253. The van der Waals surface area contributed by atoms with E-state index >= 15 is 0 Å². The predicted octanol–water partition coefficient (Wildman–Crippen LogP) is 7.95. The van der Waals surface area contributed by atoms with Gasteiger partial charge in [-0.3, -0.25) is 0 Å². The standard InChI is InChI=1S/C29H33N2S2/c1-7-31-24-11-9-20(3)13-26(24)33-28(31)16-22-14-21(17-29(4,5)18-22)15-27-30(6)23-10-8-19(2)12-25(23)32-27/h8-16H,7,17-18H2,1-6H3/q+1. The molecule has 3 aromatic rings. The Bertz CT molecular complexity index is 1340. The van der Waals surface area contributed by atoms with Crippen LogP contribution in [0.5, 0.6) is 0 Å². The molecule has 1 aromatic heterocycles. The van der Waals surface area contributed by atoms with Gasteiger partial charge in [-0.05, 0) is 85.6 Å². The van der Waals surface area contributed by atoms with Crippen molar-refractivity contribution in [3.8, 4) is 0 Å². The van der Waals surface area contributed by atoms with Gasteiger partial charge in [-0.2, -0.15) is 4.57 Å². The lowest BCUT2D eigenvalue weighted by molar-refractivity contribution is -0.642. The molecule has 0 unspecified atom stereocenters. The first-order valence-corrected chi connectivity index (χ1v) is 13.4. The smallest absolute Gasteiger partial charge is 0.262 e. The summed E-state index contributed by atoms with van der Waals surface area (Å²) in [6.07, 6.45) is 9.51. The number of aromatic nitrogens is 1. The van der Waals surface area contributed by atoms with Crippen LogP contribution >= 0.6 is 23.1 Å². The highest BCUT2D eigenvalue weighted by atomic mass is 32.2. The first-order valence-electron chi connectivity index (χ1n) is 11.8. The van der Waals surface area contributed by atoms with Gasteiger partial charge < -0.3 is 4.90 Å². The number of benzene rings is 2. The summed E-state index contributed by atoms with van der Waals surface area (Å²) in [7, 11) is 2.19. The Kier molecular flexibility index (Phi) is 5.78. The van der Waals surface area contributed by atoms with Crippen LogP contribution in [0.1, 0.15) is 49.7 Å². The summed E-state index contributed by atoms with van der Waals surface area (Å²) in [6, 6.07) is 13.6. The molecule has 0 saturated carbocycles. The van der Waals surface area contributed by atoms with Crippen molar-refractivity contribution >= 4 is 45.1 Å². The molecule has 0 N–H and O–H groups in total. The van der Waals surface area contributed by atoms with Crippen LogP contribution in [-0.2, 0) is 7.05 Å². The van der Waals surface area contributed by atoms with Crippen molar-refractivity contribution in [1.29, 1.82) is 0 Å². The molecular weight excluding hydrogens is 440 g/mol. The second-order valence-electron chi connectivity index (χ2n) is 10.2. The van der Waals surface area contributed by atoms with Crippen LogP contribution in [0.25, 0.3) is 16.3 Å². The second kappa shape index (κ2) is 8.48. The summed E-state index contributed by atoms with van der Waals surface area (Å²) in [4.78, 5) is 3.83. The van der Waals surface area contributed by atoms with Gasteiger partial charge in [0.15, 0.2) is 0 Å². The number of hydrogen-bond donors (Lipinski definition) is 0. The second-order valence-corrected chi connectivity index (χ2v) is 12.4. The highest BCUT2D eigenvalue weighted by Crippen LogP contribution is 2.48. The van der Waals surface area contributed by atoms with E-state index in [1.54, 1.807) is 0 Å². The van der Waals surface area contributed by atoms with Crippen LogP contribution < -0.4 is 9.47 Å². The highest BCUT2D eigenvalue weighted by molar-refractivity contribution is 8.03. The van der Waals surface area contributed by atoms with Crippen LogP contribution in [0.15, 0.2) is 69.6 Å². The van der Waals surface area contributed by atoms with Crippen LogP contribution in [0.4, 0.5) is 5.69 Å². The maximum Gasteiger partial charge on any atom is 0.262 e. The van der Waals surface area contributed by atoms with E-state index < -0.39 is 0 Å². The van der Waals surface area contributed by atoms with Gasteiger partial charge in [0, 0.05) is 23.6 Å². The fourth-order valence-corrected chi connectivity index (χ4v) is 7.59. The summed E-state index contributed by atoms with van der Waals surface area (Å²) >= 11 is 3.81. The van der Waals surface area contributed by atoms with Crippen molar-refractivity contribution in [3.05, 3.63) is 80.9 Å². The fraction of sp³-hybridized carbons (Fsp3) is 0.345. The number of thioether (sulfide) groups is 1.